The fourth-order valence-electron chi connectivity index (χ4n) is 1.54. The second-order valence-corrected chi connectivity index (χ2v) is 4.12. The molecule has 0 saturated heterocycles. The molecule has 0 bridgehead atoms. The van der Waals surface area contributed by atoms with Crippen molar-refractivity contribution < 1.29 is 4.79 Å². The molecule has 0 aliphatic heterocycles. The molecule has 0 spiro atoms. The predicted octanol–water partition coefficient (Wildman–Crippen LogP) is 0.768. The minimum atomic E-state index is -0.538. The summed E-state index contributed by atoms with van der Waals surface area (Å²) >= 11 is 0. The molecule has 2 aromatic rings. The molecule has 0 unspecified atom stereocenters. The third-order valence-corrected chi connectivity index (χ3v) is 2.51. The predicted molar refractivity (Wildman–Crippen MR) is 68.7 cm³/mol. The Morgan fingerprint density at radius 3 is 2.89 bits per heavy atom. The number of rotatable bonds is 3. The van der Waals surface area contributed by atoms with Crippen molar-refractivity contribution in [2.45, 2.75) is 13.0 Å². The van der Waals surface area contributed by atoms with Gasteiger partial charge in [0.1, 0.15) is 6.33 Å². The first kappa shape index (κ1) is 12.3. The molecular formula is C12H15N5O. The SMILES string of the molecule is C[C@@H](N)C(=O)Nc1cccc(-c2nncn2C)c1. The summed E-state index contributed by atoms with van der Waals surface area (Å²) in [5.41, 5.74) is 7.08. The van der Waals surface area contributed by atoms with Crippen LogP contribution in [-0.4, -0.2) is 26.7 Å². The van der Waals surface area contributed by atoms with E-state index in [1.54, 1.807) is 19.3 Å². The van der Waals surface area contributed by atoms with Gasteiger partial charge in [-0.1, -0.05) is 12.1 Å². The highest BCUT2D eigenvalue weighted by Gasteiger charge is 2.09. The van der Waals surface area contributed by atoms with Gasteiger partial charge in [0.2, 0.25) is 5.91 Å². The Morgan fingerprint density at radius 1 is 1.50 bits per heavy atom. The smallest absolute Gasteiger partial charge is 0.240 e. The summed E-state index contributed by atoms with van der Waals surface area (Å²) in [5.74, 6) is 0.525. The Bertz CT molecular complexity index is 561. The molecule has 2 rings (SSSR count). The Morgan fingerprint density at radius 2 is 2.28 bits per heavy atom. The van der Waals surface area contributed by atoms with Crippen molar-refractivity contribution in [1.29, 1.82) is 0 Å². The molecule has 1 heterocycles. The zero-order valence-electron chi connectivity index (χ0n) is 10.3. The molecule has 6 heteroatoms. The minimum Gasteiger partial charge on any atom is -0.325 e. The number of nitrogens with one attached hydrogen (secondary N) is 1. The molecule has 0 saturated carbocycles. The maximum absolute atomic E-state index is 11.5. The van der Waals surface area contributed by atoms with Gasteiger partial charge in [-0.3, -0.25) is 4.79 Å². The Labute approximate surface area is 105 Å². The van der Waals surface area contributed by atoms with Crippen LogP contribution in [0.2, 0.25) is 0 Å². The van der Waals surface area contributed by atoms with E-state index in [1.807, 2.05) is 29.8 Å². The zero-order valence-corrected chi connectivity index (χ0v) is 10.3. The van der Waals surface area contributed by atoms with Gasteiger partial charge in [0.15, 0.2) is 5.82 Å². The number of amides is 1. The number of carbonyl (C=O) groups is 1. The standard InChI is InChI=1S/C12H15N5O/c1-8(13)12(18)15-10-5-3-4-9(6-10)11-16-14-7-17(11)2/h3-8H,13H2,1-2H3,(H,15,18)/t8-/m1/s1. The summed E-state index contributed by atoms with van der Waals surface area (Å²) < 4.78 is 1.81. The number of aryl methyl sites for hydroxylation is 1. The summed E-state index contributed by atoms with van der Waals surface area (Å²) in [7, 11) is 1.86. The van der Waals surface area contributed by atoms with Crippen LogP contribution in [0.3, 0.4) is 0 Å². The molecular weight excluding hydrogens is 230 g/mol. The van der Waals surface area contributed by atoms with Gasteiger partial charge in [0, 0.05) is 18.3 Å². The van der Waals surface area contributed by atoms with Crippen molar-refractivity contribution in [2.75, 3.05) is 5.32 Å². The van der Waals surface area contributed by atoms with Gasteiger partial charge in [-0.2, -0.15) is 0 Å². The molecule has 3 N–H and O–H groups in total. The van der Waals surface area contributed by atoms with Gasteiger partial charge < -0.3 is 15.6 Å². The number of carbonyl (C=O) groups excluding carboxylic acids is 1. The molecule has 0 aliphatic rings. The van der Waals surface area contributed by atoms with Gasteiger partial charge >= 0.3 is 0 Å². The van der Waals surface area contributed by atoms with E-state index < -0.39 is 6.04 Å². The maximum Gasteiger partial charge on any atom is 0.240 e. The van der Waals surface area contributed by atoms with Crippen molar-refractivity contribution in [1.82, 2.24) is 14.8 Å². The van der Waals surface area contributed by atoms with E-state index in [0.717, 1.165) is 11.4 Å². The quantitative estimate of drug-likeness (QED) is 0.836. The molecule has 1 atom stereocenters. The summed E-state index contributed by atoms with van der Waals surface area (Å²) in [5, 5.41) is 10.6. The van der Waals surface area contributed by atoms with Crippen LogP contribution < -0.4 is 11.1 Å². The van der Waals surface area contributed by atoms with E-state index in [4.69, 9.17) is 5.73 Å². The number of nitrogens with zero attached hydrogens (tertiary/aromatic N) is 3. The lowest BCUT2D eigenvalue weighted by molar-refractivity contribution is -0.117. The molecule has 1 amide bonds. The van der Waals surface area contributed by atoms with E-state index >= 15 is 0 Å². The van der Waals surface area contributed by atoms with E-state index in [2.05, 4.69) is 15.5 Å². The second-order valence-electron chi connectivity index (χ2n) is 4.12. The van der Waals surface area contributed by atoms with E-state index in [1.165, 1.54) is 0 Å². The van der Waals surface area contributed by atoms with Crippen molar-refractivity contribution >= 4 is 11.6 Å². The second kappa shape index (κ2) is 4.97. The lowest BCUT2D eigenvalue weighted by Crippen LogP contribution is -2.32. The lowest BCUT2D eigenvalue weighted by Gasteiger charge is -2.09. The van der Waals surface area contributed by atoms with Gasteiger partial charge in [0.05, 0.1) is 6.04 Å². The molecule has 0 aliphatic carbocycles. The fourth-order valence-corrected chi connectivity index (χ4v) is 1.54. The Kier molecular flexibility index (Phi) is 3.38. The molecule has 0 radical (unpaired) electrons. The Balaban J connectivity index is 2.26. The van der Waals surface area contributed by atoms with Gasteiger partial charge in [-0.05, 0) is 19.1 Å². The van der Waals surface area contributed by atoms with Crippen LogP contribution in [-0.2, 0) is 11.8 Å². The zero-order chi connectivity index (χ0) is 13.1. The van der Waals surface area contributed by atoms with Crippen molar-refractivity contribution in [3.63, 3.8) is 0 Å². The van der Waals surface area contributed by atoms with Crippen LogP contribution in [0.15, 0.2) is 30.6 Å². The van der Waals surface area contributed by atoms with Crippen LogP contribution in [0.5, 0.6) is 0 Å². The van der Waals surface area contributed by atoms with E-state index in [0.29, 0.717) is 5.69 Å². The average Bonchev–Trinajstić information content (AvgIpc) is 2.75. The molecule has 18 heavy (non-hydrogen) atoms. The molecule has 6 nitrogen and oxygen atoms in total. The monoisotopic (exact) mass is 245 g/mol. The lowest BCUT2D eigenvalue weighted by atomic mass is 10.2. The van der Waals surface area contributed by atoms with Gasteiger partial charge in [0.25, 0.3) is 0 Å². The van der Waals surface area contributed by atoms with Crippen molar-refractivity contribution in [3.05, 3.63) is 30.6 Å². The molecule has 0 fully saturated rings. The van der Waals surface area contributed by atoms with Crippen LogP contribution in [0, 0.1) is 0 Å². The number of benzene rings is 1. The van der Waals surface area contributed by atoms with Crippen molar-refractivity contribution in [2.24, 2.45) is 12.8 Å². The van der Waals surface area contributed by atoms with Crippen LogP contribution in [0.25, 0.3) is 11.4 Å². The molecule has 94 valence electrons. The van der Waals surface area contributed by atoms with Crippen LogP contribution in [0.4, 0.5) is 5.69 Å². The summed E-state index contributed by atoms with van der Waals surface area (Å²) in [6, 6.07) is 6.86. The van der Waals surface area contributed by atoms with Crippen molar-refractivity contribution in [3.8, 4) is 11.4 Å². The number of hydrogen-bond donors (Lipinski definition) is 2. The van der Waals surface area contributed by atoms with Gasteiger partial charge in [-0.15, -0.1) is 10.2 Å². The largest absolute Gasteiger partial charge is 0.325 e. The summed E-state index contributed by atoms with van der Waals surface area (Å²) in [4.78, 5) is 11.5. The highest BCUT2D eigenvalue weighted by molar-refractivity contribution is 5.94. The topological polar surface area (TPSA) is 85.8 Å². The van der Waals surface area contributed by atoms with Crippen LogP contribution >= 0.6 is 0 Å². The maximum atomic E-state index is 11.5. The average molecular weight is 245 g/mol. The first-order valence-corrected chi connectivity index (χ1v) is 5.59. The van der Waals surface area contributed by atoms with E-state index in [-0.39, 0.29) is 5.91 Å². The minimum absolute atomic E-state index is 0.217. The van der Waals surface area contributed by atoms with E-state index in [9.17, 15) is 4.79 Å². The highest BCUT2D eigenvalue weighted by Crippen LogP contribution is 2.19. The number of anilines is 1. The number of aromatic nitrogens is 3. The normalized spacial score (nSPS) is 12.2. The third-order valence-electron chi connectivity index (χ3n) is 2.51. The summed E-state index contributed by atoms with van der Waals surface area (Å²) in [6.45, 7) is 1.64. The Hall–Kier alpha value is -2.21. The molecule has 1 aromatic heterocycles. The molecule has 1 aromatic carbocycles. The number of nitrogens with two attached hydrogens (primary N) is 1. The first-order valence-electron chi connectivity index (χ1n) is 5.59. The first-order chi connectivity index (χ1) is 8.58. The van der Waals surface area contributed by atoms with Crippen LogP contribution in [0.1, 0.15) is 6.92 Å². The van der Waals surface area contributed by atoms with Gasteiger partial charge in [-0.25, -0.2) is 0 Å². The summed E-state index contributed by atoms with van der Waals surface area (Å²) in [6.07, 6.45) is 1.63. The number of hydrogen-bond acceptors (Lipinski definition) is 4. The third kappa shape index (κ3) is 2.54. The fraction of sp³-hybridized carbons (Fsp3) is 0.250. The highest BCUT2D eigenvalue weighted by atomic mass is 16.2.